The number of carbonyl (C=O) groups excluding carboxylic acids is 1. The Hall–Kier alpha value is -1.42. The minimum atomic E-state index is 0.0196. The SMILES string of the molecule is CNC(C)CC(=O)Nc1ccncc1C. The third-order valence-electron chi connectivity index (χ3n) is 2.28. The second kappa shape index (κ2) is 5.46. The standard InChI is InChI=1S/C11H17N3O/c1-8-7-13-5-4-10(8)14-11(15)6-9(2)12-3/h4-5,7,9,12H,6H2,1-3H3,(H,13,14,15). The van der Waals surface area contributed by atoms with Crippen LogP contribution in [0.2, 0.25) is 0 Å². The Kier molecular flexibility index (Phi) is 4.24. The molecule has 0 aliphatic carbocycles. The molecular formula is C11H17N3O. The molecule has 1 rings (SSSR count). The summed E-state index contributed by atoms with van der Waals surface area (Å²) in [4.78, 5) is 15.5. The first-order chi connectivity index (χ1) is 7.13. The van der Waals surface area contributed by atoms with Gasteiger partial charge in [0.2, 0.25) is 5.91 Å². The van der Waals surface area contributed by atoms with E-state index in [-0.39, 0.29) is 11.9 Å². The Morgan fingerprint density at radius 2 is 2.33 bits per heavy atom. The summed E-state index contributed by atoms with van der Waals surface area (Å²) in [6.07, 6.45) is 3.87. The molecule has 1 amide bonds. The summed E-state index contributed by atoms with van der Waals surface area (Å²) < 4.78 is 0. The number of carbonyl (C=O) groups is 1. The maximum Gasteiger partial charge on any atom is 0.225 e. The van der Waals surface area contributed by atoms with E-state index in [0.29, 0.717) is 6.42 Å². The molecular weight excluding hydrogens is 190 g/mol. The third-order valence-corrected chi connectivity index (χ3v) is 2.28. The Morgan fingerprint density at radius 3 is 2.93 bits per heavy atom. The van der Waals surface area contributed by atoms with Crippen LogP contribution in [0.3, 0.4) is 0 Å². The van der Waals surface area contributed by atoms with Crippen molar-refractivity contribution >= 4 is 11.6 Å². The van der Waals surface area contributed by atoms with Gasteiger partial charge in [-0.3, -0.25) is 9.78 Å². The Bertz CT molecular complexity index is 338. The van der Waals surface area contributed by atoms with E-state index in [4.69, 9.17) is 0 Å². The van der Waals surface area contributed by atoms with Crippen LogP contribution in [0.15, 0.2) is 18.5 Å². The van der Waals surface area contributed by atoms with Crippen molar-refractivity contribution < 1.29 is 4.79 Å². The predicted molar refractivity (Wildman–Crippen MR) is 60.7 cm³/mol. The van der Waals surface area contributed by atoms with Gasteiger partial charge in [0.25, 0.3) is 0 Å². The Morgan fingerprint density at radius 1 is 1.60 bits per heavy atom. The summed E-state index contributed by atoms with van der Waals surface area (Å²) in [5.74, 6) is 0.0196. The van der Waals surface area contributed by atoms with E-state index in [0.717, 1.165) is 11.3 Å². The highest BCUT2D eigenvalue weighted by molar-refractivity contribution is 5.91. The maximum atomic E-state index is 11.6. The number of aryl methyl sites for hydroxylation is 1. The number of rotatable bonds is 4. The minimum absolute atomic E-state index is 0.0196. The summed E-state index contributed by atoms with van der Waals surface area (Å²) in [6, 6.07) is 1.99. The summed E-state index contributed by atoms with van der Waals surface area (Å²) in [7, 11) is 1.84. The second-order valence-electron chi connectivity index (χ2n) is 3.63. The molecule has 4 nitrogen and oxygen atoms in total. The fourth-order valence-electron chi connectivity index (χ4n) is 1.20. The third kappa shape index (κ3) is 3.67. The van der Waals surface area contributed by atoms with Crippen LogP contribution < -0.4 is 10.6 Å². The summed E-state index contributed by atoms with van der Waals surface area (Å²) in [5.41, 5.74) is 1.81. The molecule has 0 saturated carbocycles. The normalized spacial score (nSPS) is 12.2. The Balaban J connectivity index is 2.55. The zero-order valence-corrected chi connectivity index (χ0v) is 9.37. The summed E-state index contributed by atoms with van der Waals surface area (Å²) >= 11 is 0. The number of anilines is 1. The molecule has 1 atom stereocenters. The van der Waals surface area contributed by atoms with Crippen molar-refractivity contribution in [3.63, 3.8) is 0 Å². The van der Waals surface area contributed by atoms with E-state index in [2.05, 4.69) is 15.6 Å². The molecule has 82 valence electrons. The number of amides is 1. The second-order valence-corrected chi connectivity index (χ2v) is 3.63. The highest BCUT2D eigenvalue weighted by Crippen LogP contribution is 2.11. The Labute approximate surface area is 90.1 Å². The van der Waals surface area contributed by atoms with Crippen molar-refractivity contribution in [3.05, 3.63) is 24.0 Å². The van der Waals surface area contributed by atoms with Gasteiger partial charge >= 0.3 is 0 Å². The predicted octanol–water partition coefficient (Wildman–Crippen LogP) is 1.33. The quantitative estimate of drug-likeness (QED) is 0.783. The van der Waals surface area contributed by atoms with E-state index in [1.807, 2.05) is 20.9 Å². The first-order valence-corrected chi connectivity index (χ1v) is 5.01. The van der Waals surface area contributed by atoms with Crippen LogP contribution in [0.1, 0.15) is 18.9 Å². The van der Waals surface area contributed by atoms with Gasteiger partial charge < -0.3 is 10.6 Å². The highest BCUT2D eigenvalue weighted by atomic mass is 16.1. The molecule has 0 spiro atoms. The number of pyridine rings is 1. The topological polar surface area (TPSA) is 54.0 Å². The van der Waals surface area contributed by atoms with E-state index < -0.39 is 0 Å². The number of nitrogens with zero attached hydrogens (tertiary/aromatic N) is 1. The van der Waals surface area contributed by atoms with Gasteiger partial charge in [-0.1, -0.05) is 0 Å². The molecule has 0 aliphatic heterocycles. The molecule has 15 heavy (non-hydrogen) atoms. The van der Waals surface area contributed by atoms with Gasteiger partial charge in [0.05, 0.1) is 0 Å². The van der Waals surface area contributed by atoms with Gasteiger partial charge in [0, 0.05) is 30.5 Å². The molecule has 1 unspecified atom stereocenters. The highest BCUT2D eigenvalue weighted by Gasteiger charge is 2.08. The lowest BCUT2D eigenvalue weighted by Crippen LogP contribution is -2.27. The van der Waals surface area contributed by atoms with Crippen molar-refractivity contribution in [3.8, 4) is 0 Å². The molecule has 0 fully saturated rings. The van der Waals surface area contributed by atoms with Crippen LogP contribution in [-0.4, -0.2) is 24.0 Å². The van der Waals surface area contributed by atoms with Crippen LogP contribution in [0.25, 0.3) is 0 Å². The van der Waals surface area contributed by atoms with Gasteiger partial charge in [-0.2, -0.15) is 0 Å². The van der Waals surface area contributed by atoms with Crippen LogP contribution in [0.5, 0.6) is 0 Å². The van der Waals surface area contributed by atoms with Crippen molar-refractivity contribution in [1.29, 1.82) is 0 Å². The monoisotopic (exact) mass is 207 g/mol. The van der Waals surface area contributed by atoms with Gasteiger partial charge in [-0.25, -0.2) is 0 Å². The van der Waals surface area contributed by atoms with Crippen molar-refractivity contribution in [1.82, 2.24) is 10.3 Å². The fourth-order valence-corrected chi connectivity index (χ4v) is 1.20. The van der Waals surface area contributed by atoms with E-state index >= 15 is 0 Å². The molecule has 0 saturated heterocycles. The van der Waals surface area contributed by atoms with Gasteiger partial charge in [0.15, 0.2) is 0 Å². The zero-order chi connectivity index (χ0) is 11.3. The minimum Gasteiger partial charge on any atom is -0.326 e. The lowest BCUT2D eigenvalue weighted by atomic mass is 10.2. The fraction of sp³-hybridized carbons (Fsp3) is 0.455. The molecule has 2 N–H and O–H groups in total. The van der Waals surface area contributed by atoms with E-state index in [1.54, 1.807) is 18.5 Å². The van der Waals surface area contributed by atoms with Crippen LogP contribution >= 0.6 is 0 Å². The smallest absolute Gasteiger partial charge is 0.225 e. The number of nitrogens with one attached hydrogen (secondary N) is 2. The van der Waals surface area contributed by atoms with E-state index in [1.165, 1.54) is 0 Å². The first-order valence-electron chi connectivity index (χ1n) is 5.01. The largest absolute Gasteiger partial charge is 0.326 e. The number of hydrogen-bond donors (Lipinski definition) is 2. The maximum absolute atomic E-state index is 11.6. The molecule has 4 heteroatoms. The lowest BCUT2D eigenvalue weighted by molar-refractivity contribution is -0.116. The van der Waals surface area contributed by atoms with Crippen LogP contribution in [-0.2, 0) is 4.79 Å². The van der Waals surface area contributed by atoms with Gasteiger partial charge in [-0.05, 0) is 32.5 Å². The molecule has 1 aromatic heterocycles. The molecule has 0 aliphatic rings. The van der Waals surface area contributed by atoms with Crippen LogP contribution in [0, 0.1) is 6.92 Å². The van der Waals surface area contributed by atoms with Gasteiger partial charge in [-0.15, -0.1) is 0 Å². The van der Waals surface area contributed by atoms with Crippen molar-refractivity contribution in [2.24, 2.45) is 0 Å². The molecule has 1 aromatic rings. The van der Waals surface area contributed by atoms with Crippen molar-refractivity contribution in [2.75, 3.05) is 12.4 Å². The van der Waals surface area contributed by atoms with Crippen LogP contribution in [0.4, 0.5) is 5.69 Å². The first kappa shape index (κ1) is 11.7. The average Bonchev–Trinajstić information content (AvgIpc) is 2.21. The van der Waals surface area contributed by atoms with E-state index in [9.17, 15) is 4.79 Å². The lowest BCUT2D eigenvalue weighted by Gasteiger charge is -2.11. The summed E-state index contributed by atoms with van der Waals surface area (Å²) in [5, 5.41) is 5.88. The van der Waals surface area contributed by atoms with Gasteiger partial charge in [0.1, 0.15) is 0 Å². The molecule has 1 heterocycles. The molecule has 0 aromatic carbocycles. The summed E-state index contributed by atoms with van der Waals surface area (Å²) in [6.45, 7) is 3.89. The van der Waals surface area contributed by atoms with Crippen molar-refractivity contribution in [2.45, 2.75) is 26.3 Å². The average molecular weight is 207 g/mol. The zero-order valence-electron chi connectivity index (χ0n) is 9.37. The molecule has 0 bridgehead atoms. The number of hydrogen-bond acceptors (Lipinski definition) is 3. The number of aromatic nitrogens is 1. The molecule has 0 radical (unpaired) electrons.